The lowest BCUT2D eigenvalue weighted by molar-refractivity contribution is -0.135. The molecule has 0 spiro atoms. The summed E-state index contributed by atoms with van der Waals surface area (Å²) >= 11 is 0. The lowest BCUT2D eigenvalue weighted by Gasteiger charge is -2.26. The van der Waals surface area contributed by atoms with Crippen molar-refractivity contribution in [3.05, 3.63) is 0 Å². The van der Waals surface area contributed by atoms with Gasteiger partial charge in [-0.1, -0.05) is 26.2 Å². The highest BCUT2D eigenvalue weighted by atomic mass is 16.2. The van der Waals surface area contributed by atoms with Gasteiger partial charge in [-0.15, -0.1) is 0 Å². The van der Waals surface area contributed by atoms with Gasteiger partial charge in [0, 0.05) is 44.7 Å². The van der Waals surface area contributed by atoms with Gasteiger partial charge in [0.2, 0.25) is 5.91 Å². The van der Waals surface area contributed by atoms with Crippen LogP contribution in [0.5, 0.6) is 0 Å². The zero-order chi connectivity index (χ0) is 19.8. The molecule has 2 aliphatic heterocycles. The topological polar surface area (TPSA) is 60.0 Å². The van der Waals surface area contributed by atoms with E-state index in [1.165, 1.54) is 45.2 Å². The van der Waals surface area contributed by atoms with Gasteiger partial charge in [0.15, 0.2) is 5.96 Å². The Balaban J connectivity index is 1.44. The number of aliphatic imine (C=N–C) groups is 1. The van der Waals surface area contributed by atoms with Gasteiger partial charge in [-0.3, -0.25) is 9.79 Å². The Hall–Kier alpha value is -1.30. The van der Waals surface area contributed by atoms with Gasteiger partial charge >= 0.3 is 0 Å². The zero-order valence-corrected chi connectivity index (χ0v) is 18.1. The Morgan fingerprint density at radius 3 is 2.54 bits per heavy atom. The lowest BCUT2D eigenvalue weighted by Crippen LogP contribution is -2.46. The van der Waals surface area contributed by atoms with E-state index in [1.54, 1.807) is 0 Å². The standard InChI is InChI=1S/C22H41N5O/c1-3-23-22(24-15-18(2)16-26-12-7-8-13-26)25-20-11-14-27(17-20)21(28)19-9-5-4-6-10-19/h18-20H,3-17H2,1-2H3,(H2,23,24,25). The third-order valence-corrected chi connectivity index (χ3v) is 6.47. The summed E-state index contributed by atoms with van der Waals surface area (Å²) in [6, 6.07) is 0.319. The Morgan fingerprint density at radius 1 is 1.07 bits per heavy atom. The number of guanidine groups is 1. The Kier molecular flexibility index (Phi) is 8.44. The van der Waals surface area contributed by atoms with E-state index >= 15 is 0 Å². The molecule has 2 atom stereocenters. The minimum absolute atomic E-state index is 0.279. The molecule has 6 nitrogen and oxygen atoms in total. The predicted molar refractivity (Wildman–Crippen MR) is 116 cm³/mol. The molecule has 0 aromatic rings. The lowest BCUT2D eigenvalue weighted by atomic mass is 9.88. The summed E-state index contributed by atoms with van der Waals surface area (Å²) in [5.74, 6) is 2.15. The highest BCUT2D eigenvalue weighted by Crippen LogP contribution is 2.26. The maximum Gasteiger partial charge on any atom is 0.225 e. The van der Waals surface area contributed by atoms with Crippen LogP contribution in [-0.2, 0) is 4.79 Å². The van der Waals surface area contributed by atoms with Gasteiger partial charge in [-0.05, 0) is 58.0 Å². The third kappa shape index (κ3) is 6.36. The molecule has 2 unspecified atom stereocenters. The zero-order valence-electron chi connectivity index (χ0n) is 18.1. The number of nitrogens with zero attached hydrogens (tertiary/aromatic N) is 3. The van der Waals surface area contributed by atoms with Crippen LogP contribution in [0.2, 0.25) is 0 Å². The molecule has 3 fully saturated rings. The van der Waals surface area contributed by atoms with Gasteiger partial charge in [-0.25, -0.2) is 0 Å². The van der Waals surface area contributed by atoms with Gasteiger partial charge in [0.05, 0.1) is 0 Å². The van der Waals surface area contributed by atoms with Crippen molar-refractivity contribution in [1.82, 2.24) is 20.4 Å². The van der Waals surface area contributed by atoms with Crippen LogP contribution in [-0.4, -0.2) is 73.5 Å². The number of hydrogen-bond acceptors (Lipinski definition) is 3. The van der Waals surface area contributed by atoms with Crippen molar-refractivity contribution in [2.75, 3.05) is 45.8 Å². The van der Waals surface area contributed by atoms with E-state index in [2.05, 4.69) is 34.3 Å². The normalized spacial score (nSPS) is 25.9. The second kappa shape index (κ2) is 11.0. The summed E-state index contributed by atoms with van der Waals surface area (Å²) in [6.07, 6.45) is 9.63. The maximum atomic E-state index is 12.8. The average Bonchev–Trinajstić information content (AvgIpc) is 3.38. The second-order valence-corrected chi connectivity index (χ2v) is 9.08. The van der Waals surface area contributed by atoms with Gasteiger partial charge in [-0.2, -0.15) is 0 Å². The smallest absolute Gasteiger partial charge is 0.225 e. The largest absolute Gasteiger partial charge is 0.357 e. The molecule has 2 N–H and O–H groups in total. The SMILES string of the molecule is CCNC(=NCC(C)CN1CCCC1)NC1CCN(C(=O)C2CCCCC2)C1. The number of hydrogen-bond donors (Lipinski definition) is 2. The third-order valence-electron chi connectivity index (χ3n) is 6.47. The predicted octanol–water partition coefficient (Wildman–Crippen LogP) is 2.45. The molecular formula is C22H41N5O. The number of rotatable bonds is 7. The molecule has 160 valence electrons. The fourth-order valence-corrected chi connectivity index (χ4v) is 4.91. The summed E-state index contributed by atoms with van der Waals surface area (Å²) in [4.78, 5) is 22.3. The van der Waals surface area contributed by atoms with Crippen molar-refractivity contribution in [3.63, 3.8) is 0 Å². The molecule has 2 saturated heterocycles. The molecule has 1 aliphatic carbocycles. The van der Waals surface area contributed by atoms with Crippen LogP contribution in [0.1, 0.15) is 65.2 Å². The first-order valence-electron chi connectivity index (χ1n) is 11.7. The van der Waals surface area contributed by atoms with Gasteiger partial charge < -0.3 is 20.4 Å². The summed E-state index contributed by atoms with van der Waals surface area (Å²) in [7, 11) is 0. The van der Waals surface area contributed by atoms with E-state index in [9.17, 15) is 4.79 Å². The van der Waals surface area contributed by atoms with Crippen LogP contribution < -0.4 is 10.6 Å². The van der Waals surface area contributed by atoms with Crippen LogP contribution in [0.3, 0.4) is 0 Å². The highest BCUT2D eigenvalue weighted by molar-refractivity contribution is 5.81. The van der Waals surface area contributed by atoms with E-state index in [-0.39, 0.29) is 5.92 Å². The van der Waals surface area contributed by atoms with Crippen LogP contribution in [0.4, 0.5) is 0 Å². The number of nitrogens with one attached hydrogen (secondary N) is 2. The van der Waals surface area contributed by atoms with E-state index < -0.39 is 0 Å². The molecule has 0 aromatic carbocycles. The Bertz CT molecular complexity index is 511. The molecule has 1 saturated carbocycles. The minimum atomic E-state index is 0.279. The van der Waals surface area contributed by atoms with E-state index in [4.69, 9.17) is 4.99 Å². The van der Waals surface area contributed by atoms with Crippen LogP contribution in [0, 0.1) is 11.8 Å². The number of amides is 1. The van der Waals surface area contributed by atoms with E-state index in [1.807, 2.05) is 0 Å². The van der Waals surface area contributed by atoms with Crippen LogP contribution in [0.15, 0.2) is 4.99 Å². The average molecular weight is 392 g/mol. The van der Waals surface area contributed by atoms with Crippen LogP contribution >= 0.6 is 0 Å². The fourth-order valence-electron chi connectivity index (χ4n) is 4.91. The fraction of sp³-hybridized carbons (Fsp3) is 0.909. The molecular weight excluding hydrogens is 350 g/mol. The van der Waals surface area contributed by atoms with Crippen molar-refractivity contribution in [3.8, 4) is 0 Å². The monoisotopic (exact) mass is 391 g/mol. The number of carbonyl (C=O) groups excluding carboxylic acids is 1. The van der Waals surface area contributed by atoms with Crippen molar-refractivity contribution in [2.45, 2.75) is 71.3 Å². The van der Waals surface area contributed by atoms with Gasteiger partial charge in [0.25, 0.3) is 0 Å². The summed E-state index contributed by atoms with van der Waals surface area (Å²) in [5.41, 5.74) is 0. The van der Waals surface area contributed by atoms with E-state index in [0.717, 1.165) is 57.9 Å². The van der Waals surface area contributed by atoms with Gasteiger partial charge in [0.1, 0.15) is 0 Å². The molecule has 0 aromatic heterocycles. The first-order valence-corrected chi connectivity index (χ1v) is 11.7. The summed E-state index contributed by atoms with van der Waals surface area (Å²) < 4.78 is 0. The number of likely N-dealkylation sites (tertiary alicyclic amines) is 2. The molecule has 0 bridgehead atoms. The first kappa shape index (κ1) is 21.4. The molecule has 6 heteroatoms. The van der Waals surface area contributed by atoms with Crippen molar-refractivity contribution in [2.24, 2.45) is 16.8 Å². The molecule has 0 radical (unpaired) electrons. The molecule has 2 heterocycles. The highest BCUT2D eigenvalue weighted by Gasteiger charge is 2.31. The summed E-state index contributed by atoms with van der Waals surface area (Å²) in [5, 5.41) is 6.97. The number of carbonyl (C=O) groups is 1. The molecule has 1 amide bonds. The van der Waals surface area contributed by atoms with E-state index in [0.29, 0.717) is 17.9 Å². The maximum absolute atomic E-state index is 12.8. The molecule has 3 rings (SSSR count). The molecule has 3 aliphatic rings. The molecule has 28 heavy (non-hydrogen) atoms. The minimum Gasteiger partial charge on any atom is -0.357 e. The summed E-state index contributed by atoms with van der Waals surface area (Å²) in [6.45, 7) is 11.5. The van der Waals surface area contributed by atoms with Crippen LogP contribution in [0.25, 0.3) is 0 Å². The van der Waals surface area contributed by atoms with Crippen molar-refractivity contribution in [1.29, 1.82) is 0 Å². The van der Waals surface area contributed by atoms with Crippen molar-refractivity contribution >= 4 is 11.9 Å². The second-order valence-electron chi connectivity index (χ2n) is 9.08. The Morgan fingerprint density at radius 2 is 1.82 bits per heavy atom. The Labute approximate surface area is 171 Å². The quantitative estimate of drug-likeness (QED) is 0.517. The first-order chi connectivity index (χ1) is 13.7. The van der Waals surface area contributed by atoms with Crippen molar-refractivity contribution < 1.29 is 4.79 Å².